The maximum absolute atomic E-state index is 10.5. The lowest BCUT2D eigenvalue weighted by atomic mass is 10.5. The fraction of sp³-hybridized carbons (Fsp3) is 0.900. The van der Waals surface area contributed by atoms with Crippen molar-refractivity contribution in [1.82, 2.24) is 0 Å². The van der Waals surface area contributed by atoms with Crippen molar-refractivity contribution in [3.63, 3.8) is 0 Å². The molecule has 0 aliphatic carbocycles. The summed E-state index contributed by atoms with van der Waals surface area (Å²) >= 11 is 0. The van der Waals surface area contributed by atoms with Gasteiger partial charge in [-0.05, 0) is 12.5 Å². The zero-order valence-electron chi connectivity index (χ0n) is 10.8. The Morgan fingerprint density at radius 3 is 2.47 bits per heavy atom. The van der Waals surface area contributed by atoms with Crippen molar-refractivity contribution in [2.75, 3.05) is 34.0 Å². The number of methoxy groups -OCH3 is 2. The molecule has 0 amide bonds. The molecular weight excluding hydrogens is 244 g/mol. The van der Waals surface area contributed by atoms with Crippen LogP contribution in [-0.4, -0.2) is 56.2 Å². The molecule has 0 aromatic carbocycles. The minimum absolute atomic E-state index is 0.230. The third-order valence-corrected chi connectivity index (χ3v) is 3.22. The molecule has 0 aromatic heterocycles. The van der Waals surface area contributed by atoms with Crippen LogP contribution in [0.25, 0.3) is 0 Å². The topological polar surface area (TPSA) is 63.2 Å². The molecule has 0 fully saturated rings. The Hall–Kier alpha value is -0.473. The summed E-state index contributed by atoms with van der Waals surface area (Å²) in [5, 5.41) is 0. The van der Waals surface area contributed by atoms with Gasteiger partial charge >= 0.3 is 5.97 Å². The van der Waals surface area contributed by atoms with Crippen LogP contribution in [0.2, 0.25) is 6.04 Å². The average Bonchev–Trinajstić information content (AvgIpc) is 2.31. The minimum atomic E-state index is -0.621. The molecule has 0 saturated carbocycles. The van der Waals surface area contributed by atoms with E-state index in [-0.39, 0.29) is 5.97 Å². The second kappa shape index (κ2) is 12.0. The Labute approximate surface area is 104 Å². The molecule has 0 aliphatic heterocycles. The molecule has 0 radical (unpaired) electrons. The van der Waals surface area contributed by atoms with Gasteiger partial charge in [-0.2, -0.15) is 0 Å². The van der Waals surface area contributed by atoms with Crippen LogP contribution in [0.4, 0.5) is 0 Å². The summed E-state index contributed by atoms with van der Waals surface area (Å²) in [4.78, 5) is 10.5. The fourth-order valence-electron chi connectivity index (χ4n) is 1.06. The Morgan fingerprint density at radius 2 is 1.88 bits per heavy atom. The lowest BCUT2D eigenvalue weighted by Gasteiger charge is -2.13. The number of ether oxygens (including phenoxy) is 4. The first-order valence-corrected chi connectivity index (χ1v) is 7.16. The first-order chi connectivity index (χ1) is 8.20. The van der Waals surface area contributed by atoms with Gasteiger partial charge in [-0.25, -0.2) is 0 Å². The predicted molar refractivity (Wildman–Crippen MR) is 64.3 cm³/mol. The normalized spacial score (nSPS) is 11.5. The predicted octanol–water partition coefficient (Wildman–Crippen LogP) is 0.0513. The highest BCUT2D eigenvalue weighted by atomic mass is 28.2. The van der Waals surface area contributed by atoms with Crippen molar-refractivity contribution in [2.45, 2.75) is 25.9 Å². The lowest BCUT2D eigenvalue weighted by Crippen LogP contribution is -2.20. The third kappa shape index (κ3) is 11.8. The van der Waals surface area contributed by atoms with Crippen molar-refractivity contribution < 1.29 is 28.2 Å². The highest BCUT2D eigenvalue weighted by Crippen LogP contribution is 1.94. The summed E-state index contributed by atoms with van der Waals surface area (Å²) in [5.41, 5.74) is 0. The zero-order valence-corrected chi connectivity index (χ0v) is 12.2. The number of carbonyl (C=O) groups is 1. The summed E-state index contributed by atoms with van der Waals surface area (Å²) in [7, 11) is 2.48. The van der Waals surface area contributed by atoms with Gasteiger partial charge in [0.15, 0.2) is 9.76 Å². The van der Waals surface area contributed by atoms with Crippen LogP contribution in [0.5, 0.6) is 0 Å². The van der Waals surface area contributed by atoms with E-state index in [9.17, 15) is 4.79 Å². The first kappa shape index (κ1) is 16.5. The van der Waals surface area contributed by atoms with Crippen LogP contribution < -0.4 is 0 Å². The van der Waals surface area contributed by atoms with Gasteiger partial charge in [0.1, 0.15) is 0 Å². The zero-order chi connectivity index (χ0) is 12.9. The van der Waals surface area contributed by atoms with Crippen molar-refractivity contribution in [3.8, 4) is 0 Å². The molecule has 0 aromatic rings. The standard InChI is InChI=1S/C10H22O6Si/c1-9(11)14-5-4-8-17-16-7-6-15-10(12-2)13-3/h10H,4-8,17H2,1-3H3. The Balaban J connectivity index is 3.10. The van der Waals surface area contributed by atoms with Gasteiger partial charge in [-0.1, -0.05) is 0 Å². The molecule has 7 heteroatoms. The van der Waals surface area contributed by atoms with E-state index >= 15 is 0 Å². The maximum atomic E-state index is 10.5. The molecule has 0 heterocycles. The quantitative estimate of drug-likeness (QED) is 0.228. The Bertz CT molecular complexity index is 186. The van der Waals surface area contributed by atoms with E-state index in [1.165, 1.54) is 21.1 Å². The van der Waals surface area contributed by atoms with Crippen LogP contribution >= 0.6 is 0 Å². The van der Waals surface area contributed by atoms with E-state index in [0.717, 1.165) is 12.5 Å². The number of hydrogen-bond acceptors (Lipinski definition) is 6. The summed E-state index contributed by atoms with van der Waals surface area (Å²) in [5.74, 6) is -0.230. The van der Waals surface area contributed by atoms with Crippen molar-refractivity contribution in [2.24, 2.45) is 0 Å². The van der Waals surface area contributed by atoms with Crippen LogP contribution in [-0.2, 0) is 28.2 Å². The Kier molecular flexibility index (Phi) is 11.7. The van der Waals surface area contributed by atoms with E-state index < -0.39 is 16.2 Å². The number of rotatable bonds is 11. The van der Waals surface area contributed by atoms with Gasteiger partial charge < -0.3 is 23.4 Å². The van der Waals surface area contributed by atoms with E-state index in [2.05, 4.69) is 0 Å². The number of carbonyl (C=O) groups excluding carboxylic acids is 1. The smallest absolute Gasteiger partial charge is 0.302 e. The van der Waals surface area contributed by atoms with Crippen molar-refractivity contribution in [1.29, 1.82) is 0 Å². The van der Waals surface area contributed by atoms with Gasteiger partial charge in [-0.3, -0.25) is 4.79 Å². The molecule has 0 saturated heterocycles. The summed E-state index contributed by atoms with van der Waals surface area (Å²) in [6, 6.07) is 0.991. The van der Waals surface area contributed by atoms with Crippen LogP contribution in [0, 0.1) is 0 Å². The first-order valence-electron chi connectivity index (χ1n) is 5.59. The molecule has 0 atom stereocenters. The van der Waals surface area contributed by atoms with Gasteiger partial charge in [-0.15, -0.1) is 0 Å². The molecule has 17 heavy (non-hydrogen) atoms. The van der Waals surface area contributed by atoms with Crippen molar-refractivity contribution in [3.05, 3.63) is 0 Å². The van der Waals surface area contributed by atoms with E-state index in [1.807, 2.05) is 0 Å². The molecule has 102 valence electrons. The second-order valence-electron chi connectivity index (χ2n) is 3.29. The highest BCUT2D eigenvalue weighted by Gasteiger charge is 2.03. The van der Waals surface area contributed by atoms with E-state index in [0.29, 0.717) is 19.8 Å². The third-order valence-electron chi connectivity index (χ3n) is 1.85. The molecule has 0 N–H and O–H groups in total. The largest absolute Gasteiger partial charge is 0.466 e. The summed E-state index contributed by atoms with van der Waals surface area (Å²) < 4.78 is 25.1. The molecule has 0 bridgehead atoms. The second-order valence-corrected chi connectivity index (χ2v) is 4.81. The number of esters is 1. The van der Waals surface area contributed by atoms with Gasteiger partial charge in [0, 0.05) is 21.1 Å². The van der Waals surface area contributed by atoms with Gasteiger partial charge in [0.25, 0.3) is 6.48 Å². The highest BCUT2D eigenvalue weighted by molar-refractivity contribution is 6.26. The molecular formula is C10H22O6Si. The van der Waals surface area contributed by atoms with Crippen LogP contribution in [0.15, 0.2) is 0 Å². The van der Waals surface area contributed by atoms with Crippen LogP contribution in [0.1, 0.15) is 13.3 Å². The molecule has 6 nitrogen and oxygen atoms in total. The molecule has 0 spiro atoms. The number of hydrogen-bond donors (Lipinski definition) is 0. The van der Waals surface area contributed by atoms with Gasteiger partial charge in [0.05, 0.1) is 19.8 Å². The maximum Gasteiger partial charge on any atom is 0.302 e. The van der Waals surface area contributed by atoms with E-state index in [1.54, 1.807) is 0 Å². The molecule has 0 rings (SSSR count). The van der Waals surface area contributed by atoms with Gasteiger partial charge in [0.2, 0.25) is 0 Å². The fourth-order valence-corrected chi connectivity index (χ4v) is 1.99. The SMILES string of the molecule is COC(OC)OCCO[SiH2]CCCOC(C)=O. The lowest BCUT2D eigenvalue weighted by molar-refractivity contribution is -0.266. The summed E-state index contributed by atoms with van der Waals surface area (Å²) in [6.45, 7) is 2.27. The minimum Gasteiger partial charge on any atom is -0.466 e. The van der Waals surface area contributed by atoms with E-state index in [4.69, 9.17) is 23.4 Å². The average molecular weight is 266 g/mol. The van der Waals surface area contributed by atoms with Crippen molar-refractivity contribution >= 4 is 15.7 Å². The Morgan fingerprint density at radius 1 is 1.18 bits per heavy atom. The molecule has 0 unspecified atom stereocenters. The monoisotopic (exact) mass is 266 g/mol. The summed E-state index contributed by atoms with van der Waals surface area (Å²) in [6.07, 6.45) is 0.866. The van der Waals surface area contributed by atoms with Crippen LogP contribution in [0.3, 0.4) is 0 Å². The molecule has 0 aliphatic rings.